The van der Waals surface area contributed by atoms with Gasteiger partial charge in [-0.3, -0.25) is 0 Å². The number of hydrogen-bond donors (Lipinski definition) is 1. The van der Waals surface area contributed by atoms with Crippen LogP contribution in [0.1, 0.15) is 33.1 Å². The Bertz CT molecular complexity index is 828. The zero-order valence-corrected chi connectivity index (χ0v) is 18.8. The molecule has 0 unspecified atom stereocenters. The van der Waals surface area contributed by atoms with Gasteiger partial charge in [-0.2, -0.15) is 0 Å². The van der Waals surface area contributed by atoms with Gasteiger partial charge < -0.3 is 19.2 Å². The number of allylic oxidation sites excluding steroid dienone is 1. The first-order chi connectivity index (χ1) is 14.4. The molecular weight excluding hydrogens is 378 g/mol. The van der Waals surface area contributed by atoms with Crippen LogP contribution in [-0.2, 0) is 6.42 Å². The standard InChI is InChI=1S/C24H35N3O3/c1-16(2)22-13-19(17(3)12-20(22)15-27(4)10-11-28)14-23-25-26-24(30-23)18-6-8-21(29-5)9-7-18/h6-9,12,16,19-20,22,28H,10-11,13-15H2,1-5H3/t19-,20-,22-/m0/s1. The number of benzene rings is 1. The molecule has 6 heteroatoms. The highest BCUT2D eigenvalue weighted by Crippen LogP contribution is 2.39. The summed E-state index contributed by atoms with van der Waals surface area (Å²) in [5.41, 5.74) is 2.30. The van der Waals surface area contributed by atoms with Gasteiger partial charge in [0.25, 0.3) is 0 Å². The molecule has 1 aromatic heterocycles. The van der Waals surface area contributed by atoms with E-state index >= 15 is 0 Å². The van der Waals surface area contributed by atoms with E-state index in [1.54, 1.807) is 7.11 Å². The van der Waals surface area contributed by atoms with Gasteiger partial charge >= 0.3 is 0 Å². The summed E-state index contributed by atoms with van der Waals surface area (Å²) in [5.74, 6) is 4.17. The highest BCUT2D eigenvalue weighted by Gasteiger charge is 2.33. The highest BCUT2D eigenvalue weighted by molar-refractivity contribution is 5.53. The summed E-state index contributed by atoms with van der Waals surface area (Å²) in [4.78, 5) is 2.23. The Balaban J connectivity index is 1.71. The molecular formula is C24H35N3O3. The quantitative estimate of drug-likeness (QED) is 0.625. The van der Waals surface area contributed by atoms with E-state index < -0.39 is 0 Å². The largest absolute Gasteiger partial charge is 0.497 e. The van der Waals surface area contributed by atoms with Crippen molar-refractivity contribution in [2.75, 3.05) is 33.9 Å². The lowest BCUT2D eigenvalue weighted by molar-refractivity contribution is 0.156. The highest BCUT2D eigenvalue weighted by atomic mass is 16.5. The summed E-state index contributed by atoms with van der Waals surface area (Å²) in [7, 11) is 3.74. The summed E-state index contributed by atoms with van der Waals surface area (Å²) in [6.07, 6.45) is 4.33. The maximum atomic E-state index is 9.22. The van der Waals surface area contributed by atoms with Gasteiger partial charge in [0.1, 0.15) is 5.75 Å². The molecule has 30 heavy (non-hydrogen) atoms. The lowest BCUT2D eigenvalue weighted by atomic mass is 9.69. The van der Waals surface area contributed by atoms with Crippen molar-refractivity contribution in [1.29, 1.82) is 0 Å². The van der Waals surface area contributed by atoms with E-state index in [-0.39, 0.29) is 6.61 Å². The van der Waals surface area contributed by atoms with Crippen LogP contribution in [0.2, 0.25) is 0 Å². The van der Waals surface area contributed by atoms with E-state index in [1.807, 2.05) is 24.3 Å². The van der Waals surface area contributed by atoms with Crippen LogP contribution in [0.3, 0.4) is 0 Å². The lowest BCUT2D eigenvalue weighted by Gasteiger charge is -2.38. The first-order valence-electron chi connectivity index (χ1n) is 10.9. The minimum absolute atomic E-state index is 0.203. The molecule has 0 saturated heterocycles. The molecule has 2 aromatic rings. The van der Waals surface area contributed by atoms with Gasteiger partial charge in [0.15, 0.2) is 0 Å². The van der Waals surface area contributed by atoms with Gasteiger partial charge in [-0.25, -0.2) is 0 Å². The topological polar surface area (TPSA) is 71.6 Å². The van der Waals surface area contributed by atoms with Gasteiger partial charge in [0.05, 0.1) is 13.7 Å². The number of methoxy groups -OCH3 is 1. The zero-order chi connectivity index (χ0) is 21.7. The van der Waals surface area contributed by atoms with Crippen LogP contribution in [0.15, 0.2) is 40.3 Å². The number of ether oxygens (including phenoxy) is 1. The molecule has 1 aromatic carbocycles. The Morgan fingerprint density at radius 2 is 1.97 bits per heavy atom. The minimum atomic E-state index is 0.203. The van der Waals surface area contributed by atoms with Crippen molar-refractivity contribution < 1.29 is 14.3 Å². The first kappa shape index (κ1) is 22.5. The van der Waals surface area contributed by atoms with Crippen molar-refractivity contribution in [3.63, 3.8) is 0 Å². The second-order valence-corrected chi connectivity index (χ2v) is 8.83. The molecule has 0 amide bonds. The van der Waals surface area contributed by atoms with Gasteiger partial charge in [-0.05, 0) is 68.3 Å². The van der Waals surface area contributed by atoms with Crippen molar-refractivity contribution >= 4 is 0 Å². The number of aliphatic hydroxyl groups is 1. The molecule has 1 aliphatic rings. The van der Waals surface area contributed by atoms with Crippen LogP contribution in [0.25, 0.3) is 11.5 Å². The molecule has 164 valence electrons. The van der Waals surface area contributed by atoms with Crippen LogP contribution in [0.4, 0.5) is 0 Å². The minimum Gasteiger partial charge on any atom is -0.497 e. The Labute approximate surface area is 180 Å². The van der Waals surface area contributed by atoms with E-state index in [9.17, 15) is 5.11 Å². The van der Waals surface area contributed by atoms with E-state index in [4.69, 9.17) is 9.15 Å². The van der Waals surface area contributed by atoms with Gasteiger partial charge in [-0.15, -0.1) is 10.2 Å². The number of nitrogens with zero attached hydrogens (tertiary/aromatic N) is 3. The third-order valence-corrected chi connectivity index (χ3v) is 6.31. The molecule has 1 N–H and O–H groups in total. The van der Waals surface area contributed by atoms with Crippen molar-refractivity contribution in [2.24, 2.45) is 23.7 Å². The number of rotatable bonds is 9. The number of aliphatic hydroxyl groups excluding tert-OH is 1. The molecule has 3 atom stereocenters. The normalized spacial score (nSPS) is 21.9. The van der Waals surface area contributed by atoms with E-state index in [0.29, 0.717) is 42.0 Å². The zero-order valence-electron chi connectivity index (χ0n) is 18.8. The first-order valence-corrected chi connectivity index (χ1v) is 10.9. The summed E-state index contributed by atoms with van der Waals surface area (Å²) in [6, 6.07) is 7.66. The van der Waals surface area contributed by atoms with Crippen LogP contribution < -0.4 is 4.74 Å². The second-order valence-electron chi connectivity index (χ2n) is 8.83. The van der Waals surface area contributed by atoms with Crippen molar-refractivity contribution in [3.05, 3.63) is 41.8 Å². The van der Waals surface area contributed by atoms with Gasteiger partial charge in [0, 0.05) is 25.1 Å². The SMILES string of the molecule is COc1ccc(-c2nnc(C[C@@H]3C[C@@H](C(C)C)[C@H](CN(C)CCO)C=C3C)o2)cc1. The molecule has 1 aliphatic carbocycles. The monoisotopic (exact) mass is 413 g/mol. The Morgan fingerprint density at radius 1 is 1.23 bits per heavy atom. The number of likely N-dealkylation sites (N-methyl/N-ethyl adjacent to an activating group) is 1. The summed E-state index contributed by atoms with van der Waals surface area (Å²) >= 11 is 0. The predicted octanol–water partition coefficient (Wildman–Crippen LogP) is 4.07. The van der Waals surface area contributed by atoms with Crippen molar-refractivity contribution in [3.8, 4) is 17.2 Å². The fourth-order valence-electron chi connectivity index (χ4n) is 4.50. The van der Waals surface area contributed by atoms with E-state index in [0.717, 1.165) is 30.7 Å². The summed E-state index contributed by atoms with van der Waals surface area (Å²) in [5, 5.41) is 17.8. The van der Waals surface area contributed by atoms with E-state index in [2.05, 4.69) is 49.0 Å². The molecule has 0 aliphatic heterocycles. The molecule has 0 bridgehead atoms. The van der Waals surface area contributed by atoms with Crippen LogP contribution in [0.5, 0.6) is 5.75 Å². The molecule has 6 nitrogen and oxygen atoms in total. The Morgan fingerprint density at radius 3 is 2.60 bits per heavy atom. The maximum Gasteiger partial charge on any atom is 0.247 e. The number of aromatic nitrogens is 2. The predicted molar refractivity (Wildman–Crippen MR) is 118 cm³/mol. The Hall–Kier alpha value is -2.18. The van der Waals surface area contributed by atoms with Crippen LogP contribution in [-0.4, -0.2) is 54.1 Å². The molecule has 0 radical (unpaired) electrons. The lowest BCUT2D eigenvalue weighted by Crippen LogP contribution is -2.36. The van der Waals surface area contributed by atoms with Crippen molar-refractivity contribution in [2.45, 2.75) is 33.6 Å². The second kappa shape index (κ2) is 10.2. The summed E-state index contributed by atoms with van der Waals surface area (Å²) < 4.78 is 11.2. The van der Waals surface area contributed by atoms with Crippen molar-refractivity contribution in [1.82, 2.24) is 15.1 Å². The average molecular weight is 414 g/mol. The van der Waals surface area contributed by atoms with Gasteiger partial charge in [-0.1, -0.05) is 25.5 Å². The average Bonchev–Trinajstić information content (AvgIpc) is 3.18. The van der Waals surface area contributed by atoms with Crippen LogP contribution in [0, 0.1) is 23.7 Å². The third kappa shape index (κ3) is 5.49. The Kier molecular flexibility index (Phi) is 7.67. The van der Waals surface area contributed by atoms with E-state index in [1.165, 1.54) is 5.57 Å². The molecule has 1 heterocycles. The molecule has 3 rings (SSSR count). The van der Waals surface area contributed by atoms with Gasteiger partial charge in [0.2, 0.25) is 11.8 Å². The third-order valence-electron chi connectivity index (χ3n) is 6.31. The maximum absolute atomic E-state index is 9.22. The van der Waals surface area contributed by atoms with Crippen LogP contribution >= 0.6 is 0 Å². The molecule has 0 fully saturated rings. The molecule has 0 saturated carbocycles. The fraction of sp³-hybridized carbons (Fsp3) is 0.583. The summed E-state index contributed by atoms with van der Waals surface area (Å²) in [6.45, 7) is 8.74. The molecule has 0 spiro atoms. The smallest absolute Gasteiger partial charge is 0.247 e. The number of hydrogen-bond acceptors (Lipinski definition) is 6. The fourth-order valence-corrected chi connectivity index (χ4v) is 4.50.